The van der Waals surface area contributed by atoms with Crippen LogP contribution in [0, 0.1) is 6.92 Å². The number of rotatable bonds is 3. The van der Waals surface area contributed by atoms with Gasteiger partial charge in [-0.3, -0.25) is 4.79 Å². The lowest BCUT2D eigenvalue weighted by molar-refractivity contribution is 0.0739. The minimum atomic E-state index is 0.0643. The molecule has 7 heteroatoms. The molecule has 4 heterocycles. The van der Waals surface area contributed by atoms with Gasteiger partial charge in [-0.15, -0.1) is 11.3 Å². The lowest BCUT2D eigenvalue weighted by Crippen LogP contribution is -2.30. The predicted molar refractivity (Wildman–Crippen MR) is 111 cm³/mol. The number of nitrogens with zero attached hydrogens (tertiary/aromatic N) is 2. The van der Waals surface area contributed by atoms with Crippen LogP contribution in [-0.4, -0.2) is 35.5 Å². The third-order valence-electron chi connectivity index (χ3n) is 5.22. The Morgan fingerprint density at radius 3 is 2.89 bits per heavy atom. The number of ether oxygens (including phenoxy) is 2. The van der Waals surface area contributed by atoms with Crippen molar-refractivity contribution in [1.29, 1.82) is 0 Å². The summed E-state index contributed by atoms with van der Waals surface area (Å²) in [7, 11) is 0. The van der Waals surface area contributed by atoms with E-state index in [9.17, 15) is 4.79 Å². The van der Waals surface area contributed by atoms with Gasteiger partial charge in [-0.25, -0.2) is 4.98 Å². The summed E-state index contributed by atoms with van der Waals surface area (Å²) in [5, 5.41) is 5.02. The van der Waals surface area contributed by atoms with Gasteiger partial charge in [-0.1, -0.05) is 6.07 Å². The SMILES string of the molecule is Cc1nc(-c2ccsc2)sc1C(=O)N1CCCC1c1ccc2c(c1)OCCO2. The molecule has 1 atom stereocenters. The fourth-order valence-electron chi connectivity index (χ4n) is 3.86. The zero-order valence-electron chi connectivity index (χ0n) is 15.5. The molecule has 0 bridgehead atoms. The average Bonchev–Trinajstić information content (AvgIpc) is 3.47. The summed E-state index contributed by atoms with van der Waals surface area (Å²) >= 11 is 3.13. The number of hydrogen-bond donors (Lipinski definition) is 0. The molecule has 2 aliphatic rings. The van der Waals surface area contributed by atoms with Crippen molar-refractivity contribution in [2.75, 3.05) is 19.8 Å². The van der Waals surface area contributed by atoms with E-state index >= 15 is 0 Å². The molecule has 3 aromatic rings. The van der Waals surface area contributed by atoms with Crippen molar-refractivity contribution in [3.8, 4) is 22.1 Å². The van der Waals surface area contributed by atoms with Crippen molar-refractivity contribution in [2.45, 2.75) is 25.8 Å². The predicted octanol–water partition coefficient (Wildman–Crippen LogP) is 4.93. The highest BCUT2D eigenvalue weighted by Crippen LogP contribution is 2.40. The molecular weight excluding hydrogens is 392 g/mol. The molecule has 0 saturated carbocycles. The topological polar surface area (TPSA) is 51.7 Å². The maximum atomic E-state index is 13.4. The van der Waals surface area contributed by atoms with Crippen molar-refractivity contribution in [3.63, 3.8) is 0 Å². The quantitative estimate of drug-likeness (QED) is 0.612. The Morgan fingerprint density at radius 2 is 2.07 bits per heavy atom. The number of aromatic nitrogens is 1. The molecule has 0 spiro atoms. The van der Waals surface area contributed by atoms with Gasteiger partial charge in [-0.2, -0.15) is 11.3 Å². The van der Waals surface area contributed by atoms with E-state index in [2.05, 4.69) is 16.4 Å². The summed E-state index contributed by atoms with van der Waals surface area (Å²) in [6.07, 6.45) is 1.96. The highest BCUT2D eigenvalue weighted by atomic mass is 32.1. The zero-order chi connectivity index (χ0) is 19.1. The number of fused-ring (bicyclic) bond motifs is 1. The first kappa shape index (κ1) is 17.7. The van der Waals surface area contributed by atoms with Gasteiger partial charge >= 0.3 is 0 Å². The molecular formula is C21H20N2O3S2. The molecule has 5 nitrogen and oxygen atoms in total. The first-order valence-corrected chi connectivity index (χ1v) is 11.2. The molecule has 1 unspecified atom stereocenters. The van der Waals surface area contributed by atoms with E-state index in [0.29, 0.717) is 13.2 Å². The molecule has 2 aromatic heterocycles. The summed E-state index contributed by atoms with van der Waals surface area (Å²) in [6, 6.07) is 8.15. The number of amides is 1. The molecule has 28 heavy (non-hydrogen) atoms. The van der Waals surface area contributed by atoms with Gasteiger partial charge in [0.05, 0.1) is 11.7 Å². The second-order valence-electron chi connectivity index (χ2n) is 7.01. The van der Waals surface area contributed by atoms with Crippen LogP contribution in [0.1, 0.15) is 39.8 Å². The number of carbonyl (C=O) groups is 1. The third-order valence-corrected chi connectivity index (χ3v) is 7.10. The Hall–Kier alpha value is -2.38. The minimum absolute atomic E-state index is 0.0643. The largest absolute Gasteiger partial charge is 0.486 e. The Labute approximate surface area is 171 Å². The second kappa shape index (κ2) is 7.22. The van der Waals surface area contributed by atoms with Crippen molar-refractivity contribution >= 4 is 28.6 Å². The fourth-order valence-corrected chi connectivity index (χ4v) is 5.59. The summed E-state index contributed by atoms with van der Waals surface area (Å²) in [5.41, 5.74) is 3.00. The number of thiazole rings is 1. The van der Waals surface area contributed by atoms with Gasteiger partial charge in [-0.05, 0) is 48.9 Å². The van der Waals surface area contributed by atoms with E-state index in [1.165, 1.54) is 11.3 Å². The van der Waals surface area contributed by atoms with Gasteiger partial charge < -0.3 is 14.4 Å². The van der Waals surface area contributed by atoms with Crippen molar-refractivity contribution < 1.29 is 14.3 Å². The molecule has 2 aliphatic heterocycles. The van der Waals surface area contributed by atoms with Gasteiger partial charge in [0.15, 0.2) is 11.5 Å². The zero-order valence-corrected chi connectivity index (χ0v) is 17.1. The van der Waals surface area contributed by atoms with Crippen molar-refractivity contribution in [2.24, 2.45) is 0 Å². The summed E-state index contributed by atoms with van der Waals surface area (Å²) in [4.78, 5) is 20.7. The van der Waals surface area contributed by atoms with E-state index in [4.69, 9.17) is 9.47 Å². The molecule has 0 N–H and O–H groups in total. The Morgan fingerprint density at radius 1 is 1.21 bits per heavy atom. The maximum absolute atomic E-state index is 13.4. The number of hydrogen-bond acceptors (Lipinski definition) is 6. The molecule has 1 fully saturated rings. The van der Waals surface area contributed by atoms with E-state index in [1.54, 1.807) is 11.3 Å². The lowest BCUT2D eigenvalue weighted by Gasteiger charge is -2.26. The number of thiophene rings is 1. The standard InChI is InChI=1S/C21H20N2O3S2/c1-13-19(28-20(22-13)15-6-10-27-12-15)21(24)23-7-2-3-16(23)14-4-5-17-18(11-14)26-9-8-25-17/h4-6,10-12,16H,2-3,7-9H2,1H3. The first-order valence-electron chi connectivity index (χ1n) is 9.41. The molecule has 0 radical (unpaired) electrons. The molecule has 1 saturated heterocycles. The summed E-state index contributed by atoms with van der Waals surface area (Å²) < 4.78 is 11.4. The Bertz CT molecular complexity index is 1010. The fraction of sp³-hybridized carbons (Fsp3) is 0.333. The van der Waals surface area contributed by atoms with E-state index < -0.39 is 0 Å². The number of aryl methyl sites for hydroxylation is 1. The Kier molecular flexibility index (Phi) is 4.56. The minimum Gasteiger partial charge on any atom is -0.486 e. The van der Waals surface area contributed by atoms with Crippen molar-refractivity contribution in [3.05, 3.63) is 51.2 Å². The third kappa shape index (κ3) is 3.08. The van der Waals surface area contributed by atoms with Crippen LogP contribution in [0.3, 0.4) is 0 Å². The van der Waals surface area contributed by atoms with E-state index in [1.807, 2.05) is 35.4 Å². The highest BCUT2D eigenvalue weighted by molar-refractivity contribution is 7.17. The Balaban J connectivity index is 1.43. The van der Waals surface area contributed by atoms with Crippen LogP contribution >= 0.6 is 22.7 Å². The smallest absolute Gasteiger partial charge is 0.266 e. The van der Waals surface area contributed by atoms with Gasteiger partial charge in [0.1, 0.15) is 23.1 Å². The number of likely N-dealkylation sites (tertiary alicyclic amines) is 1. The molecule has 1 amide bonds. The average molecular weight is 413 g/mol. The van der Waals surface area contributed by atoms with Crippen LogP contribution in [-0.2, 0) is 0 Å². The molecule has 0 aliphatic carbocycles. The number of benzene rings is 1. The summed E-state index contributed by atoms with van der Waals surface area (Å²) in [6.45, 7) is 3.84. The van der Waals surface area contributed by atoms with Gasteiger partial charge in [0, 0.05) is 17.5 Å². The normalized spacial score (nSPS) is 18.5. The van der Waals surface area contributed by atoms with Crippen LogP contribution in [0.15, 0.2) is 35.0 Å². The van der Waals surface area contributed by atoms with Crippen LogP contribution in [0.4, 0.5) is 0 Å². The lowest BCUT2D eigenvalue weighted by atomic mass is 10.0. The van der Waals surface area contributed by atoms with Crippen LogP contribution in [0.5, 0.6) is 11.5 Å². The molecule has 1 aromatic carbocycles. The van der Waals surface area contributed by atoms with Crippen LogP contribution < -0.4 is 9.47 Å². The van der Waals surface area contributed by atoms with Crippen LogP contribution in [0.2, 0.25) is 0 Å². The van der Waals surface area contributed by atoms with E-state index in [0.717, 1.165) is 57.6 Å². The molecule has 144 valence electrons. The second-order valence-corrected chi connectivity index (χ2v) is 8.78. The highest BCUT2D eigenvalue weighted by Gasteiger charge is 2.33. The van der Waals surface area contributed by atoms with Gasteiger partial charge in [0.25, 0.3) is 5.91 Å². The number of carbonyl (C=O) groups excluding carboxylic acids is 1. The van der Waals surface area contributed by atoms with Crippen LogP contribution in [0.25, 0.3) is 10.6 Å². The molecule has 5 rings (SSSR count). The van der Waals surface area contributed by atoms with E-state index in [-0.39, 0.29) is 11.9 Å². The van der Waals surface area contributed by atoms with Gasteiger partial charge in [0.2, 0.25) is 0 Å². The maximum Gasteiger partial charge on any atom is 0.266 e. The van der Waals surface area contributed by atoms with Crippen molar-refractivity contribution in [1.82, 2.24) is 9.88 Å². The monoisotopic (exact) mass is 412 g/mol. The summed E-state index contributed by atoms with van der Waals surface area (Å²) in [5.74, 6) is 1.63. The first-order chi connectivity index (χ1) is 13.7.